The van der Waals surface area contributed by atoms with Gasteiger partial charge in [-0.1, -0.05) is 25.8 Å². The zero-order valence-electron chi connectivity index (χ0n) is 11.9. The number of rotatable bonds is 7. The Bertz CT molecular complexity index is 429. The molecule has 3 N–H and O–H groups in total. The van der Waals surface area contributed by atoms with E-state index in [-0.39, 0.29) is 11.8 Å². The molecule has 1 aromatic rings. The van der Waals surface area contributed by atoms with Crippen LogP contribution in [0.25, 0.3) is 0 Å². The van der Waals surface area contributed by atoms with Gasteiger partial charge in [-0.25, -0.2) is 4.79 Å². The molecular formula is C13H21BN2O4. The highest BCUT2D eigenvalue weighted by Crippen LogP contribution is 2.20. The fraction of sp³-hybridized carbons (Fsp3) is 0.462. The molecule has 7 heteroatoms. The molecule has 0 atom stereocenters. The smallest absolute Gasteiger partial charge is 0.512 e. The number of nitrogens with zero attached hydrogens (tertiary/aromatic N) is 1. The molecule has 0 aliphatic heterocycles. The molecule has 0 bridgehead atoms. The van der Waals surface area contributed by atoms with E-state index < -0.39 is 7.32 Å². The Labute approximate surface area is 119 Å². The highest BCUT2D eigenvalue weighted by atomic mass is 16.6. The predicted molar refractivity (Wildman–Crippen MR) is 78.6 cm³/mol. The Morgan fingerprint density at radius 1 is 1.40 bits per heavy atom. The Hall–Kier alpha value is -1.73. The van der Waals surface area contributed by atoms with E-state index in [1.54, 1.807) is 31.3 Å². The van der Waals surface area contributed by atoms with Crippen LogP contribution >= 0.6 is 0 Å². The monoisotopic (exact) mass is 280 g/mol. The van der Waals surface area contributed by atoms with Gasteiger partial charge in [0.2, 0.25) is 0 Å². The second kappa shape index (κ2) is 8.45. The number of benzene rings is 1. The average Bonchev–Trinajstić information content (AvgIpc) is 2.42. The Morgan fingerprint density at radius 3 is 2.80 bits per heavy atom. The van der Waals surface area contributed by atoms with Gasteiger partial charge in [-0.15, -0.1) is 0 Å². The van der Waals surface area contributed by atoms with Crippen molar-refractivity contribution >= 4 is 19.0 Å². The van der Waals surface area contributed by atoms with Gasteiger partial charge >= 0.3 is 13.4 Å². The van der Waals surface area contributed by atoms with E-state index in [9.17, 15) is 4.79 Å². The van der Waals surface area contributed by atoms with E-state index in [0.29, 0.717) is 12.2 Å². The summed E-state index contributed by atoms with van der Waals surface area (Å²) < 4.78 is 4.75. The molecule has 0 fully saturated rings. The summed E-state index contributed by atoms with van der Waals surface area (Å²) >= 11 is 0. The van der Waals surface area contributed by atoms with Gasteiger partial charge in [0, 0.05) is 25.3 Å². The Morgan fingerprint density at radius 2 is 2.15 bits per heavy atom. The number of amides is 2. The number of nitrogens with one attached hydrogen (secondary N) is 1. The average molecular weight is 280 g/mol. The molecule has 0 spiro atoms. The van der Waals surface area contributed by atoms with Gasteiger partial charge in [0.1, 0.15) is 5.75 Å². The van der Waals surface area contributed by atoms with Gasteiger partial charge in [0.25, 0.3) is 0 Å². The number of unbranched alkanes of at least 4 members (excludes halogenated alkanes) is 2. The molecule has 0 saturated heterocycles. The van der Waals surface area contributed by atoms with Crippen molar-refractivity contribution in [2.75, 3.05) is 18.5 Å². The second-order valence-electron chi connectivity index (χ2n) is 4.44. The first-order valence-electron chi connectivity index (χ1n) is 6.69. The van der Waals surface area contributed by atoms with Crippen molar-refractivity contribution in [3.8, 4) is 5.75 Å². The van der Waals surface area contributed by atoms with Crippen molar-refractivity contribution in [1.82, 2.24) is 5.32 Å². The third-order valence-corrected chi connectivity index (χ3v) is 2.81. The number of anilines is 1. The summed E-state index contributed by atoms with van der Waals surface area (Å²) in [6.45, 7) is 2.75. The molecule has 20 heavy (non-hydrogen) atoms. The number of carbonyl (C=O) groups is 1. The van der Waals surface area contributed by atoms with Crippen molar-refractivity contribution in [3.63, 3.8) is 0 Å². The summed E-state index contributed by atoms with van der Waals surface area (Å²) in [6, 6.07) is 6.35. The SMILES string of the molecule is CCCCCNC(=O)N(C)c1cccc(OB(O)O)c1. The van der Waals surface area contributed by atoms with Crippen LogP contribution < -0.4 is 14.9 Å². The predicted octanol–water partition coefficient (Wildman–Crippen LogP) is 1.37. The van der Waals surface area contributed by atoms with Crippen LogP contribution in [0.3, 0.4) is 0 Å². The molecule has 1 aromatic carbocycles. The molecule has 0 aromatic heterocycles. The lowest BCUT2D eigenvalue weighted by Gasteiger charge is -2.19. The quantitative estimate of drug-likeness (QED) is 0.520. The molecule has 6 nitrogen and oxygen atoms in total. The first kappa shape index (κ1) is 16.3. The summed E-state index contributed by atoms with van der Waals surface area (Å²) in [5, 5.41) is 20.3. The van der Waals surface area contributed by atoms with Gasteiger partial charge < -0.3 is 20.0 Å². The summed E-state index contributed by atoms with van der Waals surface area (Å²) in [5.74, 6) is 0.281. The lowest BCUT2D eigenvalue weighted by atomic mass is 10.2. The van der Waals surface area contributed by atoms with Crippen LogP contribution in [0.2, 0.25) is 0 Å². The van der Waals surface area contributed by atoms with E-state index >= 15 is 0 Å². The first-order valence-corrected chi connectivity index (χ1v) is 6.69. The van der Waals surface area contributed by atoms with Crippen molar-refractivity contribution in [2.45, 2.75) is 26.2 Å². The molecule has 0 aliphatic rings. The molecular weight excluding hydrogens is 259 g/mol. The maximum atomic E-state index is 11.9. The zero-order valence-corrected chi connectivity index (χ0v) is 11.9. The molecule has 0 heterocycles. The van der Waals surface area contributed by atoms with E-state index in [2.05, 4.69) is 12.2 Å². The lowest BCUT2D eigenvalue weighted by molar-refractivity contribution is 0.247. The van der Waals surface area contributed by atoms with E-state index in [1.165, 1.54) is 4.90 Å². The fourth-order valence-corrected chi connectivity index (χ4v) is 1.69. The summed E-state index contributed by atoms with van der Waals surface area (Å²) in [7, 11) is -0.234. The fourth-order valence-electron chi connectivity index (χ4n) is 1.69. The zero-order chi connectivity index (χ0) is 15.0. The standard InChI is InChI=1S/C13H21BN2O4/c1-3-4-5-9-15-13(17)16(2)11-7-6-8-12(10-11)20-14(18)19/h6-8,10,18-19H,3-5,9H2,1-2H3,(H,15,17). The van der Waals surface area contributed by atoms with Gasteiger partial charge in [-0.2, -0.15) is 0 Å². The molecule has 0 radical (unpaired) electrons. The minimum absolute atomic E-state index is 0.206. The third kappa shape index (κ3) is 5.50. The largest absolute Gasteiger partial charge is 0.707 e. The van der Waals surface area contributed by atoms with Crippen LogP contribution in [-0.2, 0) is 0 Å². The van der Waals surface area contributed by atoms with Gasteiger partial charge in [-0.3, -0.25) is 4.90 Å². The highest BCUT2D eigenvalue weighted by Gasteiger charge is 2.14. The van der Waals surface area contributed by atoms with Gasteiger partial charge in [0.15, 0.2) is 0 Å². The number of urea groups is 1. The van der Waals surface area contributed by atoms with Crippen LogP contribution in [-0.4, -0.2) is 37.0 Å². The Balaban J connectivity index is 2.57. The van der Waals surface area contributed by atoms with Crippen LogP contribution in [0.5, 0.6) is 5.75 Å². The molecule has 110 valence electrons. The number of carbonyl (C=O) groups excluding carboxylic acids is 1. The van der Waals surface area contributed by atoms with E-state index in [0.717, 1.165) is 19.3 Å². The molecule has 2 amide bonds. The first-order chi connectivity index (χ1) is 9.54. The molecule has 0 aliphatic carbocycles. The lowest BCUT2D eigenvalue weighted by Crippen LogP contribution is -2.37. The summed E-state index contributed by atoms with van der Waals surface area (Å²) in [5.41, 5.74) is 0.608. The minimum atomic E-state index is -1.88. The van der Waals surface area contributed by atoms with E-state index in [4.69, 9.17) is 14.7 Å². The number of hydrogen-bond donors (Lipinski definition) is 3. The molecule has 0 saturated carbocycles. The van der Waals surface area contributed by atoms with Gasteiger partial charge in [-0.05, 0) is 18.6 Å². The molecule has 0 unspecified atom stereocenters. The highest BCUT2D eigenvalue weighted by molar-refractivity contribution is 6.33. The third-order valence-electron chi connectivity index (χ3n) is 2.81. The van der Waals surface area contributed by atoms with Crippen LogP contribution in [0.4, 0.5) is 10.5 Å². The summed E-state index contributed by atoms with van der Waals surface area (Å²) in [6.07, 6.45) is 3.15. The van der Waals surface area contributed by atoms with Gasteiger partial charge in [0.05, 0.1) is 0 Å². The minimum Gasteiger partial charge on any atom is -0.512 e. The molecule has 1 rings (SSSR count). The van der Waals surface area contributed by atoms with Crippen molar-refractivity contribution in [2.24, 2.45) is 0 Å². The van der Waals surface area contributed by atoms with Crippen molar-refractivity contribution in [3.05, 3.63) is 24.3 Å². The topological polar surface area (TPSA) is 82.0 Å². The van der Waals surface area contributed by atoms with Crippen molar-refractivity contribution < 1.29 is 19.5 Å². The van der Waals surface area contributed by atoms with E-state index in [1.807, 2.05) is 0 Å². The number of hydrogen-bond acceptors (Lipinski definition) is 4. The normalized spacial score (nSPS) is 10.0. The summed E-state index contributed by atoms with van der Waals surface area (Å²) in [4.78, 5) is 13.4. The maximum absolute atomic E-state index is 11.9. The maximum Gasteiger partial charge on any atom is 0.707 e. The van der Waals surface area contributed by atoms with Crippen molar-refractivity contribution in [1.29, 1.82) is 0 Å². The van der Waals surface area contributed by atoms with Crippen LogP contribution in [0.15, 0.2) is 24.3 Å². The van der Waals surface area contributed by atoms with Crippen LogP contribution in [0.1, 0.15) is 26.2 Å². The van der Waals surface area contributed by atoms with Crippen LogP contribution in [0, 0.1) is 0 Å². The Kier molecular flexibility index (Phi) is 6.90. The second-order valence-corrected chi connectivity index (χ2v) is 4.44.